The first-order valence-electron chi connectivity index (χ1n) is 5.83. The Labute approximate surface area is 117 Å². The van der Waals surface area contributed by atoms with Crippen molar-refractivity contribution in [2.75, 3.05) is 5.32 Å². The van der Waals surface area contributed by atoms with E-state index in [1.54, 1.807) is 12.5 Å². The smallest absolute Gasteiger partial charge is 0.355 e. The quantitative estimate of drug-likeness (QED) is 0.760. The van der Waals surface area contributed by atoms with Crippen LogP contribution < -0.4 is 5.32 Å². The van der Waals surface area contributed by atoms with Crippen molar-refractivity contribution in [1.82, 2.24) is 19.5 Å². The van der Waals surface area contributed by atoms with Crippen LogP contribution in [0.25, 0.3) is 11.0 Å². The molecule has 0 atom stereocenters. The normalized spacial score (nSPS) is 10.8. The third-order valence-corrected chi connectivity index (χ3v) is 3.67. The van der Waals surface area contributed by atoms with E-state index in [0.29, 0.717) is 17.4 Å². The number of thiazole rings is 1. The van der Waals surface area contributed by atoms with Crippen LogP contribution in [0.2, 0.25) is 0 Å². The minimum Gasteiger partial charge on any atom is -0.476 e. The number of nitrogens with one attached hydrogen (secondary N) is 1. The van der Waals surface area contributed by atoms with Crippen molar-refractivity contribution in [2.24, 2.45) is 7.05 Å². The first kappa shape index (κ1) is 12.5. The van der Waals surface area contributed by atoms with E-state index in [2.05, 4.69) is 20.3 Å². The fourth-order valence-corrected chi connectivity index (χ4v) is 2.55. The number of carboxylic acids is 1. The summed E-state index contributed by atoms with van der Waals surface area (Å²) < 4.78 is 1.91. The summed E-state index contributed by atoms with van der Waals surface area (Å²) in [4.78, 5) is 23.3. The van der Waals surface area contributed by atoms with Crippen molar-refractivity contribution in [2.45, 2.75) is 6.54 Å². The average molecular weight is 289 g/mol. The number of pyridine rings is 1. The number of rotatable bonds is 4. The molecule has 3 aromatic heterocycles. The van der Waals surface area contributed by atoms with Crippen molar-refractivity contribution in [3.63, 3.8) is 0 Å². The Bertz CT molecular complexity index is 779. The van der Waals surface area contributed by atoms with Crippen LogP contribution in [0.1, 0.15) is 15.5 Å². The lowest BCUT2D eigenvalue weighted by Gasteiger charge is -2.04. The molecular weight excluding hydrogens is 278 g/mol. The minimum absolute atomic E-state index is 0.0656. The maximum atomic E-state index is 10.8. The molecule has 3 rings (SSSR count). The van der Waals surface area contributed by atoms with Crippen LogP contribution in [0.15, 0.2) is 24.0 Å². The van der Waals surface area contributed by atoms with Crippen molar-refractivity contribution in [1.29, 1.82) is 0 Å². The van der Waals surface area contributed by atoms with E-state index >= 15 is 0 Å². The molecule has 8 heteroatoms. The van der Waals surface area contributed by atoms with E-state index in [-0.39, 0.29) is 5.69 Å². The molecule has 0 aliphatic rings. The molecule has 0 saturated heterocycles. The maximum Gasteiger partial charge on any atom is 0.355 e. The number of carboxylic acid groups (broad SMARTS) is 1. The number of aromatic carboxylic acids is 1. The molecule has 7 nitrogen and oxygen atoms in total. The number of imidazole rings is 1. The molecule has 0 amide bonds. The van der Waals surface area contributed by atoms with Gasteiger partial charge in [0.15, 0.2) is 11.5 Å². The molecule has 20 heavy (non-hydrogen) atoms. The number of hydrogen-bond donors (Lipinski definition) is 2. The minimum atomic E-state index is -1.02. The molecule has 0 aromatic carbocycles. The highest BCUT2D eigenvalue weighted by molar-refractivity contribution is 7.09. The van der Waals surface area contributed by atoms with Gasteiger partial charge < -0.3 is 15.0 Å². The number of carbonyl (C=O) groups is 1. The molecule has 2 N–H and O–H groups in total. The van der Waals surface area contributed by atoms with Crippen molar-refractivity contribution < 1.29 is 9.90 Å². The lowest BCUT2D eigenvalue weighted by molar-refractivity contribution is 0.0691. The van der Waals surface area contributed by atoms with E-state index in [4.69, 9.17) is 5.11 Å². The molecule has 0 saturated carbocycles. The molecule has 0 unspecified atom stereocenters. The molecule has 0 aliphatic carbocycles. The highest BCUT2D eigenvalue weighted by Crippen LogP contribution is 2.19. The Morgan fingerprint density at radius 1 is 1.50 bits per heavy atom. The van der Waals surface area contributed by atoms with Gasteiger partial charge in [0.05, 0.1) is 18.4 Å². The number of nitrogens with zero attached hydrogens (tertiary/aromatic N) is 4. The molecule has 3 aromatic rings. The molecule has 0 spiro atoms. The summed E-state index contributed by atoms with van der Waals surface area (Å²) in [5.41, 5.74) is 1.83. The number of aryl methyl sites for hydroxylation is 1. The Balaban J connectivity index is 1.81. The van der Waals surface area contributed by atoms with E-state index < -0.39 is 5.97 Å². The van der Waals surface area contributed by atoms with Crippen LogP contribution in [0.5, 0.6) is 0 Å². The van der Waals surface area contributed by atoms with Gasteiger partial charge in [0.2, 0.25) is 0 Å². The van der Waals surface area contributed by atoms with Crippen LogP contribution in [-0.4, -0.2) is 30.6 Å². The fraction of sp³-hybridized carbons (Fsp3) is 0.167. The van der Waals surface area contributed by atoms with E-state index in [1.807, 2.05) is 17.7 Å². The van der Waals surface area contributed by atoms with Gasteiger partial charge in [0, 0.05) is 18.6 Å². The second-order valence-corrected chi connectivity index (χ2v) is 5.11. The topological polar surface area (TPSA) is 92.9 Å². The van der Waals surface area contributed by atoms with Crippen molar-refractivity contribution in [3.8, 4) is 0 Å². The number of fused-ring (bicyclic) bond motifs is 1. The van der Waals surface area contributed by atoms with Crippen LogP contribution >= 0.6 is 11.3 Å². The second kappa shape index (κ2) is 4.89. The molecule has 0 radical (unpaired) electrons. The van der Waals surface area contributed by atoms with Gasteiger partial charge in [-0.2, -0.15) is 0 Å². The molecule has 0 bridgehead atoms. The monoisotopic (exact) mass is 289 g/mol. The third kappa shape index (κ3) is 2.21. The van der Waals surface area contributed by atoms with Crippen molar-refractivity contribution >= 4 is 34.2 Å². The van der Waals surface area contributed by atoms with Crippen LogP contribution in [-0.2, 0) is 13.6 Å². The lowest BCUT2D eigenvalue weighted by atomic mass is 10.4. The largest absolute Gasteiger partial charge is 0.476 e. The zero-order valence-electron chi connectivity index (χ0n) is 10.6. The highest BCUT2D eigenvalue weighted by Gasteiger charge is 2.10. The third-order valence-electron chi connectivity index (χ3n) is 2.82. The summed E-state index contributed by atoms with van der Waals surface area (Å²) in [7, 11) is 1.92. The highest BCUT2D eigenvalue weighted by atomic mass is 32.1. The molecule has 0 fully saturated rings. The first-order chi connectivity index (χ1) is 9.65. The van der Waals surface area contributed by atoms with Gasteiger partial charge in [0.1, 0.15) is 10.5 Å². The van der Waals surface area contributed by atoms with Gasteiger partial charge >= 0.3 is 5.97 Å². The number of anilines is 1. The van der Waals surface area contributed by atoms with E-state index in [9.17, 15) is 4.79 Å². The molecule has 0 aliphatic heterocycles. The number of hydrogen-bond acceptors (Lipinski definition) is 6. The lowest BCUT2D eigenvalue weighted by Crippen LogP contribution is -2.03. The van der Waals surface area contributed by atoms with Crippen LogP contribution in [0.4, 0.5) is 5.82 Å². The summed E-state index contributed by atoms with van der Waals surface area (Å²) in [6, 6.07) is 1.89. The van der Waals surface area contributed by atoms with E-state index in [0.717, 1.165) is 11.0 Å². The van der Waals surface area contributed by atoms with Crippen LogP contribution in [0, 0.1) is 0 Å². The maximum absolute atomic E-state index is 10.8. The van der Waals surface area contributed by atoms with Gasteiger partial charge in [-0.15, -0.1) is 11.3 Å². The Hall–Kier alpha value is -2.48. The van der Waals surface area contributed by atoms with Crippen LogP contribution in [0.3, 0.4) is 0 Å². The summed E-state index contributed by atoms with van der Waals surface area (Å²) in [5, 5.41) is 14.2. The van der Waals surface area contributed by atoms with Gasteiger partial charge in [-0.25, -0.2) is 19.7 Å². The van der Waals surface area contributed by atoms with Gasteiger partial charge in [0.25, 0.3) is 0 Å². The molecule has 3 heterocycles. The summed E-state index contributed by atoms with van der Waals surface area (Å²) in [6.45, 7) is 0.417. The Morgan fingerprint density at radius 2 is 2.35 bits per heavy atom. The average Bonchev–Trinajstić information content (AvgIpc) is 3.04. The first-order valence-corrected chi connectivity index (χ1v) is 6.70. The van der Waals surface area contributed by atoms with E-state index in [1.165, 1.54) is 16.7 Å². The van der Waals surface area contributed by atoms with Gasteiger partial charge in [-0.3, -0.25) is 0 Å². The Kier molecular flexibility index (Phi) is 3.07. The fourth-order valence-electron chi connectivity index (χ4n) is 1.84. The predicted octanol–water partition coefficient (Wildman–Crippen LogP) is 1.74. The summed E-state index contributed by atoms with van der Waals surface area (Å²) in [6.07, 6.45) is 3.43. The number of aromatic nitrogens is 4. The summed E-state index contributed by atoms with van der Waals surface area (Å²) in [5.74, 6) is -0.354. The van der Waals surface area contributed by atoms with Gasteiger partial charge in [-0.1, -0.05) is 0 Å². The van der Waals surface area contributed by atoms with Gasteiger partial charge in [-0.05, 0) is 6.07 Å². The Morgan fingerprint density at radius 3 is 3.10 bits per heavy atom. The molecule has 102 valence electrons. The zero-order chi connectivity index (χ0) is 14.1. The second-order valence-electron chi connectivity index (χ2n) is 4.17. The van der Waals surface area contributed by atoms with Crippen molar-refractivity contribution in [3.05, 3.63) is 34.7 Å². The molecular formula is C12H11N5O2S. The predicted molar refractivity (Wildman–Crippen MR) is 74.9 cm³/mol. The summed E-state index contributed by atoms with van der Waals surface area (Å²) >= 11 is 1.30. The SMILES string of the molecule is Cn1cnc2c(NCc3nc(C(=O)O)cs3)nccc21. The zero-order valence-corrected chi connectivity index (χ0v) is 11.4. The standard InChI is InChI=1S/C12H11N5O2S/c1-17-6-15-10-8(17)2-3-13-11(10)14-4-9-16-7(5-20-9)12(18)19/h2-3,5-6H,4H2,1H3,(H,13,14)(H,18,19).